The van der Waals surface area contributed by atoms with Crippen molar-refractivity contribution in [2.24, 2.45) is 0 Å². The van der Waals surface area contributed by atoms with Crippen LogP contribution in [0.1, 0.15) is 24.5 Å². The van der Waals surface area contributed by atoms with Crippen molar-refractivity contribution in [3.05, 3.63) is 28.7 Å². The maximum atomic E-state index is 5.93. The molecule has 0 saturated carbocycles. The van der Waals surface area contributed by atoms with E-state index >= 15 is 0 Å². The maximum absolute atomic E-state index is 5.93. The molecule has 2 rings (SSSR count). The quantitative estimate of drug-likeness (QED) is 0.841. The monoisotopic (exact) mass is 250 g/mol. The van der Waals surface area contributed by atoms with E-state index in [2.05, 4.69) is 22.2 Å². The summed E-state index contributed by atoms with van der Waals surface area (Å²) in [5.41, 5.74) is 3.87. The summed E-state index contributed by atoms with van der Waals surface area (Å²) < 4.78 is 1.92. The number of aromatic nitrogens is 4. The van der Waals surface area contributed by atoms with Crippen LogP contribution in [0.3, 0.4) is 0 Å². The van der Waals surface area contributed by atoms with E-state index in [1.165, 1.54) is 0 Å². The van der Waals surface area contributed by atoms with Crippen molar-refractivity contribution in [1.29, 1.82) is 0 Å². The lowest BCUT2D eigenvalue weighted by atomic mass is 10.1. The molecule has 4 nitrogen and oxygen atoms in total. The molecular formula is C12H15ClN4. The third-order valence-electron chi connectivity index (χ3n) is 2.82. The largest absolute Gasteiger partial charge is 0.272 e. The number of hydrogen-bond acceptors (Lipinski definition) is 3. The fourth-order valence-electron chi connectivity index (χ4n) is 1.69. The second-order valence-corrected chi connectivity index (χ2v) is 4.44. The van der Waals surface area contributed by atoms with Crippen molar-refractivity contribution in [2.45, 2.75) is 33.7 Å². The van der Waals surface area contributed by atoms with E-state index in [9.17, 15) is 0 Å². The molecule has 0 N–H and O–H groups in total. The highest BCUT2D eigenvalue weighted by atomic mass is 35.5. The second-order valence-electron chi connectivity index (χ2n) is 4.08. The zero-order valence-electron chi connectivity index (χ0n) is 10.2. The molecule has 0 atom stereocenters. The standard InChI is InChI=1S/C12H15ClN4/c1-4-5-17-7-10(6-14-17)11-8(2)9(3)12(13)16-15-11/h6-7H,4-5H2,1-3H3. The topological polar surface area (TPSA) is 43.6 Å². The van der Waals surface area contributed by atoms with Crippen LogP contribution in [0.5, 0.6) is 0 Å². The number of hydrogen-bond donors (Lipinski definition) is 0. The highest BCUT2D eigenvalue weighted by Gasteiger charge is 2.11. The molecule has 90 valence electrons. The first kappa shape index (κ1) is 12.0. The van der Waals surface area contributed by atoms with Crippen molar-refractivity contribution in [3.8, 4) is 11.3 Å². The van der Waals surface area contributed by atoms with Gasteiger partial charge in [-0.05, 0) is 31.4 Å². The predicted octanol–water partition coefficient (Wildman–Crippen LogP) is 3.02. The van der Waals surface area contributed by atoms with Crippen molar-refractivity contribution in [3.63, 3.8) is 0 Å². The van der Waals surface area contributed by atoms with Crippen LogP contribution < -0.4 is 0 Å². The Kier molecular flexibility index (Phi) is 3.43. The summed E-state index contributed by atoms with van der Waals surface area (Å²) in [6.07, 6.45) is 4.87. The fraction of sp³-hybridized carbons (Fsp3) is 0.417. The van der Waals surface area contributed by atoms with Crippen molar-refractivity contribution in [1.82, 2.24) is 20.0 Å². The Morgan fingerprint density at radius 1 is 1.24 bits per heavy atom. The molecule has 0 aliphatic carbocycles. The summed E-state index contributed by atoms with van der Waals surface area (Å²) in [6.45, 7) is 6.99. The first-order valence-electron chi connectivity index (χ1n) is 5.65. The van der Waals surface area contributed by atoms with Crippen LogP contribution in [0.4, 0.5) is 0 Å². The van der Waals surface area contributed by atoms with Gasteiger partial charge in [0.15, 0.2) is 5.15 Å². The van der Waals surface area contributed by atoms with Gasteiger partial charge in [-0.25, -0.2) is 0 Å². The molecule has 0 radical (unpaired) electrons. The van der Waals surface area contributed by atoms with Crippen LogP contribution in [0.15, 0.2) is 12.4 Å². The van der Waals surface area contributed by atoms with Gasteiger partial charge in [0.05, 0.1) is 11.9 Å². The summed E-state index contributed by atoms with van der Waals surface area (Å²) in [5, 5.41) is 12.9. The minimum Gasteiger partial charge on any atom is -0.272 e. The Labute approximate surface area is 106 Å². The van der Waals surface area contributed by atoms with E-state index in [1.807, 2.05) is 30.9 Å². The van der Waals surface area contributed by atoms with Gasteiger partial charge in [0.25, 0.3) is 0 Å². The Hall–Kier alpha value is -1.42. The molecule has 2 aromatic heterocycles. The molecule has 0 unspecified atom stereocenters. The Bertz CT molecular complexity index is 533. The lowest BCUT2D eigenvalue weighted by Gasteiger charge is -2.05. The van der Waals surface area contributed by atoms with Gasteiger partial charge in [-0.15, -0.1) is 10.2 Å². The molecular weight excluding hydrogens is 236 g/mol. The average Bonchev–Trinajstić information content (AvgIpc) is 2.75. The second kappa shape index (κ2) is 4.84. The highest BCUT2D eigenvalue weighted by Crippen LogP contribution is 2.25. The van der Waals surface area contributed by atoms with Gasteiger partial charge in [-0.1, -0.05) is 18.5 Å². The van der Waals surface area contributed by atoms with Crippen LogP contribution >= 0.6 is 11.6 Å². The van der Waals surface area contributed by atoms with Gasteiger partial charge in [-0.2, -0.15) is 5.10 Å². The SMILES string of the molecule is CCCn1cc(-c2nnc(Cl)c(C)c2C)cn1. The summed E-state index contributed by atoms with van der Waals surface area (Å²) >= 11 is 5.93. The molecule has 0 spiro atoms. The summed E-state index contributed by atoms with van der Waals surface area (Å²) in [4.78, 5) is 0. The predicted molar refractivity (Wildman–Crippen MR) is 68.0 cm³/mol. The van der Waals surface area contributed by atoms with E-state index in [-0.39, 0.29) is 0 Å². The molecule has 17 heavy (non-hydrogen) atoms. The highest BCUT2D eigenvalue weighted by molar-refractivity contribution is 6.30. The van der Waals surface area contributed by atoms with Crippen LogP contribution in [0.2, 0.25) is 5.15 Å². The molecule has 0 fully saturated rings. The lowest BCUT2D eigenvalue weighted by Crippen LogP contribution is -1.97. The van der Waals surface area contributed by atoms with E-state index < -0.39 is 0 Å². The van der Waals surface area contributed by atoms with Crippen molar-refractivity contribution in [2.75, 3.05) is 0 Å². The molecule has 0 aliphatic heterocycles. The molecule has 0 aromatic carbocycles. The fourth-order valence-corrected chi connectivity index (χ4v) is 1.87. The van der Waals surface area contributed by atoms with Gasteiger partial charge in [0, 0.05) is 18.3 Å². The van der Waals surface area contributed by atoms with Crippen molar-refractivity contribution < 1.29 is 0 Å². The Balaban J connectivity index is 2.42. The van der Waals surface area contributed by atoms with E-state index in [0.717, 1.165) is 35.3 Å². The van der Waals surface area contributed by atoms with E-state index in [4.69, 9.17) is 11.6 Å². The third-order valence-corrected chi connectivity index (χ3v) is 3.18. The molecule has 0 saturated heterocycles. The zero-order valence-corrected chi connectivity index (χ0v) is 11.0. The summed E-state index contributed by atoms with van der Waals surface area (Å²) in [7, 11) is 0. The van der Waals surface area contributed by atoms with Gasteiger partial charge >= 0.3 is 0 Å². The van der Waals surface area contributed by atoms with E-state index in [0.29, 0.717) is 5.15 Å². The van der Waals surface area contributed by atoms with Crippen molar-refractivity contribution >= 4 is 11.6 Å². The third kappa shape index (κ3) is 2.31. The Morgan fingerprint density at radius 3 is 2.71 bits per heavy atom. The number of halogens is 1. The minimum atomic E-state index is 0.465. The van der Waals surface area contributed by atoms with Gasteiger partial charge in [-0.3, -0.25) is 4.68 Å². The van der Waals surface area contributed by atoms with Crippen LogP contribution in [0.25, 0.3) is 11.3 Å². The lowest BCUT2D eigenvalue weighted by molar-refractivity contribution is 0.603. The first-order valence-corrected chi connectivity index (χ1v) is 6.03. The summed E-state index contributed by atoms with van der Waals surface area (Å²) in [5.74, 6) is 0. The molecule has 2 aromatic rings. The molecule has 2 heterocycles. The van der Waals surface area contributed by atoms with Gasteiger partial charge < -0.3 is 0 Å². The molecule has 5 heteroatoms. The summed E-state index contributed by atoms with van der Waals surface area (Å²) in [6, 6.07) is 0. The molecule has 0 bridgehead atoms. The smallest absolute Gasteiger partial charge is 0.154 e. The maximum Gasteiger partial charge on any atom is 0.154 e. The van der Waals surface area contributed by atoms with Crippen LogP contribution in [-0.4, -0.2) is 20.0 Å². The zero-order chi connectivity index (χ0) is 12.4. The molecule has 0 aliphatic rings. The normalized spacial score (nSPS) is 10.8. The van der Waals surface area contributed by atoms with Gasteiger partial charge in [0.1, 0.15) is 0 Å². The van der Waals surface area contributed by atoms with Crippen LogP contribution in [-0.2, 0) is 6.54 Å². The minimum absolute atomic E-state index is 0.465. The van der Waals surface area contributed by atoms with E-state index in [1.54, 1.807) is 0 Å². The number of rotatable bonds is 3. The van der Waals surface area contributed by atoms with Gasteiger partial charge in [0.2, 0.25) is 0 Å². The first-order chi connectivity index (χ1) is 8.13. The van der Waals surface area contributed by atoms with Crippen LogP contribution in [0, 0.1) is 13.8 Å². The Morgan fingerprint density at radius 2 is 2.00 bits per heavy atom. The number of aryl methyl sites for hydroxylation is 1. The average molecular weight is 251 g/mol. The number of nitrogens with zero attached hydrogens (tertiary/aromatic N) is 4. The molecule has 0 amide bonds.